The van der Waals surface area contributed by atoms with Gasteiger partial charge in [-0.1, -0.05) is 6.07 Å². The third-order valence-electron chi connectivity index (χ3n) is 4.84. The normalized spacial score (nSPS) is 23.5. The molecule has 2 saturated heterocycles. The van der Waals surface area contributed by atoms with Crippen molar-refractivity contribution < 1.29 is 0 Å². The van der Waals surface area contributed by atoms with Crippen molar-refractivity contribution in [1.29, 1.82) is 0 Å². The van der Waals surface area contributed by atoms with E-state index < -0.39 is 0 Å². The minimum Gasteiger partial charge on any atom is -0.354 e. The Morgan fingerprint density at radius 3 is 2.75 bits per heavy atom. The number of rotatable bonds is 4. The molecule has 0 saturated carbocycles. The number of thiophene rings is 1. The average Bonchev–Trinajstić information content (AvgIpc) is 3.24. The van der Waals surface area contributed by atoms with E-state index in [0.717, 1.165) is 25.6 Å². The maximum absolute atomic E-state index is 4.56. The minimum absolute atomic E-state index is 0.304. The lowest BCUT2D eigenvalue weighted by Crippen LogP contribution is -2.52. The number of nitrogens with zero attached hydrogens (tertiary/aromatic N) is 3. The van der Waals surface area contributed by atoms with Crippen LogP contribution in [-0.2, 0) is 0 Å². The summed E-state index contributed by atoms with van der Waals surface area (Å²) in [5.74, 6) is 2.23. The molecule has 4 nitrogen and oxygen atoms in total. The maximum Gasteiger partial charge on any atom is 0.193 e. The summed E-state index contributed by atoms with van der Waals surface area (Å²) in [6.07, 6.45) is 2.66. The van der Waals surface area contributed by atoms with Gasteiger partial charge in [0.25, 0.3) is 0 Å². The third-order valence-corrected chi connectivity index (χ3v) is 7.11. The molecule has 2 aliphatic heterocycles. The predicted octanol–water partition coefficient (Wildman–Crippen LogP) is 3.29. The van der Waals surface area contributed by atoms with Gasteiger partial charge in [0.1, 0.15) is 0 Å². The van der Waals surface area contributed by atoms with Crippen molar-refractivity contribution in [1.82, 2.24) is 15.1 Å². The molecule has 1 aromatic heterocycles. The molecule has 3 rings (SSSR count). The van der Waals surface area contributed by atoms with Crippen LogP contribution in [-0.4, -0.2) is 66.0 Å². The lowest BCUT2D eigenvalue weighted by molar-refractivity contribution is 0.246. The van der Waals surface area contributed by atoms with Gasteiger partial charge in [-0.05, 0) is 51.2 Å². The van der Waals surface area contributed by atoms with Crippen LogP contribution >= 0.6 is 23.1 Å². The molecule has 3 heterocycles. The minimum atomic E-state index is 0.304. The van der Waals surface area contributed by atoms with Gasteiger partial charge in [0.2, 0.25) is 0 Å². The van der Waals surface area contributed by atoms with Gasteiger partial charge < -0.3 is 10.2 Å². The predicted molar refractivity (Wildman–Crippen MR) is 107 cm³/mol. The number of guanidine groups is 1. The fraction of sp³-hybridized carbons (Fsp3) is 0.722. The SMILES string of the molecule is CN=C(NCC(c1cccs1)N1CCCC1)N1CCSC(C)(C)C1. The van der Waals surface area contributed by atoms with E-state index in [1.54, 1.807) is 0 Å². The standard InChI is InChI=1S/C18H30N4S2/c1-18(2)14-22(10-12-24-18)17(19-3)20-13-15(16-7-6-11-23-16)21-8-4-5-9-21/h6-7,11,15H,4-5,8-10,12-14H2,1-3H3,(H,19,20). The van der Waals surface area contributed by atoms with Crippen LogP contribution in [0, 0.1) is 0 Å². The first-order valence-corrected chi connectivity index (χ1v) is 10.8. The van der Waals surface area contributed by atoms with E-state index in [1.165, 1.54) is 36.6 Å². The van der Waals surface area contributed by atoms with E-state index in [4.69, 9.17) is 0 Å². The fourth-order valence-corrected chi connectivity index (χ4v) is 5.63. The lowest BCUT2D eigenvalue weighted by Gasteiger charge is -2.39. The Balaban J connectivity index is 1.64. The van der Waals surface area contributed by atoms with Crippen LogP contribution in [0.4, 0.5) is 0 Å². The van der Waals surface area contributed by atoms with E-state index in [0.29, 0.717) is 10.8 Å². The average molecular weight is 367 g/mol. The van der Waals surface area contributed by atoms with Crippen LogP contribution in [0.25, 0.3) is 0 Å². The van der Waals surface area contributed by atoms with Crippen LogP contribution in [0.5, 0.6) is 0 Å². The highest BCUT2D eigenvalue weighted by molar-refractivity contribution is 8.00. The first kappa shape index (κ1) is 18.1. The third kappa shape index (κ3) is 4.46. The van der Waals surface area contributed by atoms with E-state index in [9.17, 15) is 0 Å². The molecule has 2 aliphatic rings. The van der Waals surface area contributed by atoms with E-state index in [-0.39, 0.29) is 0 Å². The smallest absolute Gasteiger partial charge is 0.193 e. The van der Waals surface area contributed by atoms with Gasteiger partial charge in [-0.15, -0.1) is 11.3 Å². The largest absolute Gasteiger partial charge is 0.354 e. The highest BCUT2D eigenvalue weighted by Gasteiger charge is 2.30. The zero-order valence-electron chi connectivity index (χ0n) is 15.1. The highest BCUT2D eigenvalue weighted by Crippen LogP contribution is 2.30. The molecule has 0 aromatic carbocycles. The summed E-state index contributed by atoms with van der Waals surface area (Å²) in [4.78, 5) is 11.1. The molecular formula is C18H30N4S2. The molecule has 0 radical (unpaired) electrons. The number of nitrogens with one attached hydrogen (secondary N) is 1. The van der Waals surface area contributed by atoms with E-state index in [2.05, 4.69) is 63.2 Å². The van der Waals surface area contributed by atoms with Gasteiger partial charge in [-0.2, -0.15) is 11.8 Å². The summed E-state index contributed by atoms with van der Waals surface area (Å²) >= 11 is 3.94. The molecule has 1 atom stereocenters. The summed E-state index contributed by atoms with van der Waals surface area (Å²) in [6.45, 7) is 10.2. The molecule has 1 unspecified atom stereocenters. The molecule has 2 fully saturated rings. The van der Waals surface area contributed by atoms with Gasteiger partial charge in [-0.3, -0.25) is 9.89 Å². The first-order chi connectivity index (χ1) is 11.6. The second-order valence-electron chi connectivity index (χ2n) is 7.23. The zero-order chi connectivity index (χ0) is 17.0. The Bertz CT molecular complexity index is 535. The molecule has 1 aromatic rings. The van der Waals surface area contributed by atoms with Crippen molar-refractivity contribution in [2.24, 2.45) is 4.99 Å². The first-order valence-electron chi connectivity index (χ1n) is 8.96. The highest BCUT2D eigenvalue weighted by atomic mass is 32.2. The van der Waals surface area contributed by atoms with Gasteiger partial charge in [-0.25, -0.2) is 0 Å². The topological polar surface area (TPSA) is 30.9 Å². The molecule has 24 heavy (non-hydrogen) atoms. The van der Waals surface area contributed by atoms with Gasteiger partial charge in [0, 0.05) is 42.1 Å². The summed E-state index contributed by atoms with van der Waals surface area (Å²) < 4.78 is 0.304. The number of thioether (sulfide) groups is 1. The second kappa shape index (κ2) is 8.11. The molecule has 134 valence electrons. The number of hydrogen-bond acceptors (Lipinski definition) is 4. The molecule has 1 N–H and O–H groups in total. The van der Waals surface area contributed by atoms with Crippen LogP contribution in [0.2, 0.25) is 0 Å². The van der Waals surface area contributed by atoms with Gasteiger partial charge in [0.15, 0.2) is 5.96 Å². The van der Waals surface area contributed by atoms with Crippen molar-refractivity contribution in [3.63, 3.8) is 0 Å². The number of likely N-dealkylation sites (tertiary alicyclic amines) is 1. The van der Waals surface area contributed by atoms with Crippen molar-refractivity contribution in [3.8, 4) is 0 Å². The van der Waals surface area contributed by atoms with Crippen LogP contribution < -0.4 is 5.32 Å². The Labute approximate surface area is 154 Å². The Hall–Kier alpha value is -0.720. The monoisotopic (exact) mass is 366 g/mol. The number of aliphatic imine (C=N–C) groups is 1. The molecule has 6 heteroatoms. The van der Waals surface area contributed by atoms with Gasteiger partial charge in [0.05, 0.1) is 6.04 Å². The molecule has 0 aliphatic carbocycles. The Kier molecular flexibility index (Phi) is 6.11. The summed E-state index contributed by atoms with van der Waals surface area (Å²) in [6, 6.07) is 4.91. The number of hydrogen-bond donors (Lipinski definition) is 1. The van der Waals surface area contributed by atoms with Gasteiger partial charge >= 0.3 is 0 Å². The Morgan fingerprint density at radius 1 is 1.33 bits per heavy atom. The van der Waals surface area contributed by atoms with Crippen LogP contribution in [0.1, 0.15) is 37.6 Å². The molecular weight excluding hydrogens is 336 g/mol. The fourth-order valence-electron chi connectivity index (χ4n) is 3.66. The Morgan fingerprint density at radius 2 is 2.12 bits per heavy atom. The summed E-state index contributed by atoms with van der Waals surface area (Å²) in [5, 5.41) is 5.87. The molecule has 0 amide bonds. The summed E-state index contributed by atoms with van der Waals surface area (Å²) in [7, 11) is 1.91. The van der Waals surface area contributed by atoms with E-state index in [1.807, 2.05) is 18.4 Å². The molecule has 0 bridgehead atoms. The lowest BCUT2D eigenvalue weighted by atomic mass is 10.2. The van der Waals surface area contributed by atoms with Crippen molar-refractivity contribution in [2.45, 2.75) is 37.5 Å². The van der Waals surface area contributed by atoms with Crippen molar-refractivity contribution in [3.05, 3.63) is 22.4 Å². The quantitative estimate of drug-likeness (QED) is 0.654. The van der Waals surface area contributed by atoms with Crippen LogP contribution in [0.3, 0.4) is 0 Å². The van der Waals surface area contributed by atoms with Crippen molar-refractivity contribution >= 4 is 29.1 Å². The van der Waals surface area contributed by atoms with Crippen LogP contribution in [0.15, 0.2) is 22.5 Å². The zero-order valence-corrected chi connectivity index (χ0v) is 16.8. The summed E-state index contributed by atoms with van der Waals surface area (Å²) in [5.41, 5.74) is 0. The maximum atomic E-state index is 4.56. The molecule has 0 spiro atoms. The van der Waals surface area contributed by atoms with E-state index >= 15 is 0 Å². The second-order valence-corrected chi connectivity index (χ2v) is 10.0. The van der Waals surface area contributed by atoms with Crippen molar-refractivity contribution in [2.75, 3.05) is 45.5 Å².